The fraction of sp³-hybridized carbons (Fsp3) is 0.107. The van der Waals surface area contributed by atoms with Crippen LogP contribution in [0.2, 0.25) is 0 Å². The van der Waals surface area contributed by atoms with Crippen molar-refractivity contribution in [2.75, 3.05) is 14.2 Å². The summed E-state index contributed by atoms with van der Waals surface area (Å²) in [6.45, 7) is 0. The molecule has 0 spiro atoms. The van der Waals surface area contributed by atoms with Gasteiger partial charge in [0.2, 0.25) is 0 Å². The Balaban J connectivity index is 1.69. The van der Waals surface area contributed by atoms with E-state index in [1.165, 1.54) is 16.5 Å². The minimum atomic E-state index is -0.0506. The second kappa shape index (κ2) is 7.71. The minimum absolute atomic E-state index is 0.0506. The lowest BCUT2D eigenvalue weighted by Crippen LogP contribution is -2.04. The largest absolute Gasteiger partial charge is 0.497 e. The van der Waals surface area contributed by atoms with Crippen LogP contribution in [0.25, 0.3) is 32.6 Å². The van der Waals surface area contributed by atoms with Gasteiger partial charge < -0.3 is 19.4 Å². The first-order valence-corrected chi connectivity index (χ1v) is 10.9. The van der Waals surface area contributed by atoms with Crippen molar-refractivity contribution >= 4 is 32.6 Å². The molecule has 0 aliphatic rings. The highest BCUT2D eigenvalue weighted by molar-refractivity contribution is 5.93. The molecule has 0 unspecified atom stereocenters. The van der Waals surface area contributed by atoms with Crippen molar-refractivity contribution in [1.29, 1.82) is 0 Å². The summed E-state index contributed by atoms with van der Waals surface area (Å²) in [7, 11) is 3.40. The predicted octanol–water partition coefficient (Wildman–Crippen LogP) is 6.39. The van der Waals surface area contributed by atoms with Crippen LogP contribution in [0.5, 0.6) is 11.5 Å². The van der Waals surface area contributed by atoms with Crippen LogP contribution in [0.4, 0.5) is 0 Å². The molecule has 3 aromatic heterocycles. The Hall–Kier alpha value is -4.25. The summed E-state index contributed by atoms with van der Waals surface area (Å²) in [5.74, 6) is 1.61. The van der Waals surface area contributed by atoms with Gasteiger partial charge in [0, 0.05) is 57.9 Å². The van der Waals surface area contributed by atoms with Gasteiger partial charge >= 0.3 is 0 Å². The molecule has 6 aromatic rings. The van der Waals surface area contributed by atoms with Crippen LogP contribution in [0, 0.1) is 0 Å². The number of H-pyrrole nitrogens is 2. The van der Waals surface area contributed by atoms with E-state index >= 15 is 0 Å². The van der Waals surface area contributed by atoms with Crippen molar-refractivity contribution in [3.8, 4) is 11.5 Å². The predicted molar refractivity (Wildman–Crippen MR) is 132 cm³/mol. The highest BCUT2D eigenvalue weighted by atomic mass is 16.5. The van der Waals surface area contributed by atoms with Gasteiger partial charge in [-0.1, -0.05) is 24.3 Å². The summed E-state index contributed by atoms with van der Waals surface area (Å²) < 4.78 is 11.1. The Morgan fingerprint density at radius 3 is 1.88 bits per heavy atom. The number of aromatic nitrogens is 3. The molecule has 6 rings (SSSR count). The van der Waals surface area contributed by atoms with E-state index in [1.54, 1.807) is 14.2 Å². The van der Waals surface area contributed by atoms with E-state index < -0.39 is 0 Å². The van der Waals surface area contributed by atoms with Crippen LogP contribution in [0.15, 0.2) is 85.5 Å². The van der Waals surface area contributed by atoms with E-state index in [2.05, 4.69) is 75.9 Å². The maximum Gasteiger partial charge on any atom is 0.119 e. The van der Waals surface area contributed by atoms with Crippen molar-refractivity contribution in [1.82, 2.24) is 15.0 Å². The average Bonchev–Trinajstić information content (AvgIpc) is 3.48. The lowest BCUT2D eigenvalue weighted by atomic mass is 9.83. The Bertz CT molecular complexity index is 1530. The molecule has 0 aliphatic heterocycles. The number of nitrogens with one attached hydrogen (secondary N) is 2. The Labute approximate surface area is 191 Å². The van der Waals surface area contributed by atoms with Gasteiger partial charge in [0.25, 0.3) is 0 Å². The lowest BCUT2D eigenvalue weighted by Gasteiger charge is -2.19. The molecule has 162 valence electrons. The molecule has 33 heavy (non-hydrogen) atoms. The Kier molecular flexibility index (Phi) is 4.54. The normalized spacial score (nSPS) is 11.6. The van der Waals surface area contributed by atoms with Gasteiger partial charge in [-0.2, -0.15) is 0 Å². The van der Waals surface area contributed by atoms with E-state index in [-0.39, 0.29) is 5.92 Å². The molecular weight excluding hydrogens is 410 g/mol. The van der Waals surface area contributed by atoms with Crippen molar-refractivity contribution < 1.29 is 9.47 Å². The number of hydrogen-bond acceptors (Lipinski definition) is 3. The van der Waals surface area contributed by atoms with Gasteiger partial charge in [-0.25, -0.2) is 0 Å². The van der Waals surface area contributed by atoms with Gasteiger partial charge in [-0.05, 0) is 58.5 Å². The van der Waals surface area contributed by atoms with Crippen molar-refractivity contribution in [3.63, 3.8) is 0 Å². The van der Waals surface area contributed by atoms with Crippen LogP contribution in [0.3, 0.4) is 0 Å². The van der Waals surface area contributed by atoms with Crippen molar-refractivity contribution in [2.45, 2.75) is 5.92 Å². The van der Waals surface area contributed by atoms with Crippen molar-refractivity contribution in [3.05, 3.63) is 102 Å². The molecule has 0 radical (unpaired) electrons. The highest BCUT2D eigenvalue weighted by Crippen LogP contribution is 2.42. The van der Waals surface area contributed by atoms with Crippen LogP contribution in [0.1, 0.15) is 22.6 Å². The monoisotopic (exact) mass is 433 g/mol. The maximum atomic E-state index is 5.54. The molecule has 0 fully saturated rings. The number of methoxy groups -OCH3 is 2. The van der Waals surface area contributed by atoms with E-state index in [0.29, 0.717) is 0 Å². The smallest absolute Gasteiger partial charge is 0.119 e. The van der Waals surface area contributed by atoms with E-state index in [1.807, 2.05) is 24.5 Å². The molecular formula is C28H23N3O2. The van der Waals surface area contributed by atoms with E-state index in [0.717, 1.165) is 44.3 Å². The molecule has 3 heterocycles. The van der Waals surface area contributed by atoms with Gasteiger partial charge in [0.15, 0.2) is 0 Å². The zero-order valence-corrected chi connectivity index (χ0v) is 18.4. The third-order valence-electron chi connectivity index (χ3n) is 6.47. The Morgan fingerprint density at radius 1 is 0.667 bits per heavy atom. The van der Waals surface area contributed by atoms with Gasteiger partial charge in [0.05, 0.1) is 14.2 Å². The molecule has 5 nitrogen and oxygen atoms in total. The first-order chi connectivity index (χ1) is 16.3. The molecule has 0 amide bonds. The standard InChI is InChI=1S/C28H23N3O2/c1-32-18-7-9-26-21(11-18)24(15-30-26)28(23-14-29-13-17-5-3-4-6-20(17)23)25-16-31-27-10-8-19(33-2)12-22(25)27/h3-16,28,30-31H,1-2H3. The number of rotatable bonds is 5. The van der Waals surface area contributed by atoms with Gasteiger partial charge in [0.1, 0.15) is 11.5 Å². The fourth-order valence-corrected chi connectivity index (χ4v) is 4.85. The second-order valence-electron chi connectivity index (χ2n) is 8.19. The van der Waals surface area contributed by atoms with Crippen LogP contribution >= 0.6 is 0 Å². The SMILES string of the molecule is COc1ccc2[nH]cc(C(c3cncc4ccccc34)c3c[nH]c4ccc(OC)cc34)c2c1. The first-order valence-electron chi connectivity index (χ1n) is 10.9. The summed E-state index contributed by atoms with van der Waals surface area (Å²) in [6.07, 6.45) is 8.13. The zero-order chi connectivity index (χ0) is 22.4. The number of ether oxygens (including phenoxy) is 2. The van der Waals surface area contributed by atoms with E-state index in [4.69, 9.17) is 9.47 Å². The van der Waals surface area contributed by atoms with Gasteiger partial charge in [-0.3, -0.25) is 4.98 Å². The fourth-order valence-electron chi connectivity index (χ4n) is 4.85. The molecule has 0 aliphatic carbocycles. The summed E-state index contributed by atoms with van der Waals surface area (Å²) in [5.41, 5.74) is 5.64. The molecule has 2 N–H and O–H groups in total. The minimum Gasteiger partial charge on any atom is -0.497 e. The topological polar surface area (TPSA) is 62.9 Å². The average molecular weight is 434 g/mol. The second-order valence-corrected chi connectivity index (χ2v) is 8.19. The maximum absolute atomic E-state index is 5.54. The lowest BCUT2D eigenvalue weighted by molar-refractivity contribution is 0.415. The molecule has 0 atom stereocenters. The van der Waals surface area contributed by atoms with Crippen LogP contribution in [-0.2, 0) is 0 Å². The summed E-state index contributed by atoms with van der Waals surface area (Å²) in [6, 6.07) is 20.7. The molecule has 3 aromatic carbocycles. The van der Waals surface area contributed by atoms with Gasteiger partial charge in [-0.15, -0.1) is 0 Å². The molecule has 5 heteroatoms. The summed E-state index contributed by atoms with van der Waals surface area (Å²) in [4.78, 5) is 11.5. The number of hydrogen-bond donors (Lipinski definition) is 2. The first kappa shape index (κ1) is 19.4. The van der Waals surface area contributed by atoms with Crippen LogP contribution < -0.4 is 9.47 Å². The summed E-state index contributed by atoms with van der Waals surface area (Å²) in [5, 5.41) is 4.57. The Morgan fingerprint density at radius 2 is 1.27 bits per heavy atom. The van der Waals surface area contributed by atoms with Crippen LogP contribution in [-0.4, -0.2) is 29.2 Å². The number of pyridine rings is 1. The summed E-state index contributed by atoms with van der Waals surface area (Å²) >= 11 is 0. The number of fused-ring (bicyclic) bond motifs is 3. The number of nitrogens with zero attached hydrogens (tertiary/aromatic N) is 1. The van der Waals surface area contributed by atoms with Crippen molar-refractivity contribution in [2.24, 2.45) is 0 Å². The molecule has 0 bridgehead atoms. The molecule has 0 saturated heterocycles. The highest BCUT2D eigenvalue weighted by Gasteiger charge is 2.25. The zero-order valence-electron chi connectivity index (χ0n) is 18.4. The third kappa shape index (κ3) is 3.12. The van der Waals surface area contributed by atoms with E-state index in [9.17, 15) is 0 Å². The molecule has 0 saturated carbocycles. The number of benzene rings is 3. The quantitative estimate of drug-likeness (QED) is 0.331. The number of aromatic amines is 2. The third-order valence-corrected chi connectivity index (χ3v) is 6.47.